The lowest BCUT2D eigenvalue weighted by molar-refractivity contribution is 0.700. The summed E-state index contributed by atoms with van der Waals surface area (Å²) in [6, 6.07) is 2.44. The smallest absolute Gasteiger partial charge is 0.0731 e. The van der Waals surface area contributed by atoms with E-state index in [0.29, 0.717) is 0 Å². The lowest BCUT2D eigenvalue weighted by Gasteiger charge is -2.11. The average Bonchev–Trinajstić information content (AvgIpc) is 2.77. The molecular formula is C11H14BrN3S. The molecule has 1 atom stereocenters. The summed E-state index contributed by atoms with van der Waals surface area (Å²) in [7, 11) is 3.91. The number of rotatable bonds is 3. The number of halogens is 1. The Kier molecular flexibility index (Phi) is 3.47. The number of hydrogen-bond acceptors (Lipinski definition) is 3. The molecule has 0 aromatic carbocycles. The maximum absolute atomic E-state index is 4.21. The van der Waals surface area contributed by atoms with Crippen LogP contribution in [-0.4, -0.2) is 16.8 Å². The highest BCUT2D eigenvalue weighted by Crippen LogP contribution is 2.33. The van der Waals surface area contributed by atoms with Crippen LogP contribution in [0.5, 0.6) is 0 Å². The van der Waals surface area contributed by atoms with Crippen molar-refractivity contribution in [3.05, 3.63) is 38.3 Å². The Morgan fingerprint density at radius 1 is 1.56 bits per heavy atom. The van der Waals surface area contributed by atoms with Gasteiger partial charge in [0.1, 0.15) is 0 Å². The third-order valence-corrected chi connectivity index (χ3v) is 4.71. The quantitative estimate of drug-likeness (QED) is 0.944. The van der Waals surface area contributed by atoms with Crippen molar-refractivity contribution in [1.29, 1.82) is 0 Å². The van der Waals surface area contributed by atoms with Crippen molar-refractivity contribution in [2.75, 3.05) is 7.05 Å². The van der Waals surface area contributed by atoms with Crippen molar-refractivity contribution in [2.24, 2.45) is 7.05 Å². The average molecular weight is 300 g/mol. The molecule has 0 aliphatic rings. The molecule has 0 spiro atoms. The minimum atomic E-state index is 0.226. The summed E-state index contributed by atoms with van der Waals surface area (Å²) in [6.07, 6.45) is 3.95. The fourth-order valence-electron chi connectivity index (χ4n) is 1.69. The van der Waals surface area contributed by atoms with Crippen LogP contribution < -0.4 is 5.32 Å². The van der Waals surface area contributed by atoms with Crippen molar-refractivity contribution in [3.63, 3.8) is 0 Å². The molecule has 2 rings (SSSR count). The van der Waals surface area contributed by atoms with E-state index in [0.717, 1.165) is 0 Å². The number of nitrogens with zero attached hydrogens (tertiary/aromatic N) is 2. The summed E-state index contributed by atoms with van der Waals surface area (Å²) in [5.41, 5.74) is 2.47. The van der Waals surface area contributed by atoms with E-state index in [-0.39, 0.29) is 6.04 Å². The van der Waals surface area contributed by atoms with E-state index < -0.39 is 0 Å². The lowest BCUT2D eigenvalue weighted by Crippen LogP contribution is -2.15. The second-order valence-electron chi connectivity index (χ2n) is 3.77. The molecule has 16 heavy (non-hydrogen) atoms. The van der Waals surface area contributed by atoms with Gasteiger partial charge in [-0.1, -0.05) is 0 Å². The molecule has 86 valence electrons. The molecule has 1 N–H and O–H groups in total. The van der Waals surface area contributed by atoms with E-state index in [1.807, 2.05) is 31.2 Å². The fourth-order valence-corrected chi connectivity index (χ4v) is 3.40. The summed E-state index contributed by atoms with van der Waals surface area (Å²) in [4.78, 5) is 1.31. The third kappa shape index (κ3) is 2.21. The van der Waals surface area contributed by atoms with Crippen LogP contribution >= 0.6 is 27.3 Å². The van der Waals surface area contributed by atoms with E-state index in [9.17, 15) is 0 Å². The van der Waals surface area contributed by atoms with Crippen LogP contribution in [0, 0.1) is 6.92 Å². The SMILES string of the molecule is CNC(c1cnn(C)c1)c1cc(C)c(Br)s1. The van der Waals surface area contributed by atoms with Crippen molar-refractivity contribution in [3.8, 4) is 0 Å². The first-order valence-electron chi connectivity index (χ1n) is 5.03. The van der Waals surface area contributed by atoms with Gasteiger partial charge < -0.3 is 5.32 Å². The number of thiophene rings is 1. The molecule has 5 heteroatoms. The molecule has 0 aliphatic heterocycles. The third-order valence-electron chi connectivity index (χ3n) is 2.51. The Morgan fingerprint density at radius 3 is 2.75 bits per heavy atom. The molecule has 0 bridgehead atoms. The molecular weight excluding hydrogens is 286 g/mol. The molecule has 2 aromatic rings. The molecule has 0 amide bonds. The first-order chi connectivity index (χ1) is 7.61. The Bertz CT molecular complexity index is 470. The van der Waals surface area contributed by atoms with E-state index in [4.69, 9.17) is 0 Å². The van der Waals surface area contributed by atoms with Gasteiger partial charge in [-0.2, -0.15) is 5.10 Å². The minimum absolute atomic E-state index is 0.226. The molecule has 0 radical (unpaired) electrons. The van der Waals surface area contributed by atoms with Crippen molar-refractivity contribution < 1.29 is 0 Å². The molecule has 0 fully saturated rings. The monoisotopic (exact) mass is 299 g/mol. The molecule has 0 saturated carbocycles. The van der Waals surface area contributed by atoms with Gasteiger partial charge in [0.05, 0.1) is 16.0 Å². The first kappa shape index (κ1) is 11.8. The molecule has 2 aromatic heterocycles. The normalized spacial score (nSPS) is 13.0. The van der Waals surface area contributed by atoms with Crippen molar-refractivity contribution in [1.82, 2.24) is 15.1 Å². The van der Waals surface area contributed by atoms with Gasteiger partial charge in [-0.25, -0.2) is 0 Å². The summed E-state index contributed by atoms with van der Waals surface area (Å²) >= 11 is 5.33. The van der Waals surface area contributed by atoms with Gasteiger partial charge >= 0.3 is 0 Å². The van der Waals surface area contributed by atoms with Crippen LogP contribution in [0.1, 0.15) is 22.0 Å². The number of nitrogens with one attached hydrogen (secondary N) is 1. The fraction of sp³-hybridized carbons (Fsp3) is 0.364. The summed E-state index contributed by atoms with van der Waals surface area (Å²) in [6.45, 7) is 2.11. The summed E-state index contributed by atoms with van der Waals surface area (Å²) in [5, 5.41) is 7.53. The molecule has 2 heterocycles. The van der Waals surface area contributed by atoms with E-state index in [2.05, 4.69) is 39.3 Å². The van der Waals surface area contributed by atoms with Crippen molar-refractivity contribution >= 4 is 27.3 Å². The zero-order chi connectivity index (χ0) is 11.7. The standard InChI is InChI=1S/C11H14BrN3S/c1-7-4-9(16-11(7)12)10(13-2)8-5-14-15(3)6-8/h4-6,10,13H,1-3H3. The Morgan fingerprint density at radius 2 is 2.31 bits per heavy atom. The molecule has 0 aliphatic carbocycles. The number of aromatic nitrogens is 2. The number of aryl methyl sites for hydroxylation is 2. The maximum Gasteiger partial charge on any atom is 0.0731 e. The summed E-state index contributed by atoms with van der Waals surface area (Å²) < 4.78 is 3.03. The van der Waals surface area contributed by atoms with Gasteiger partial charge in [-0.3, -0.25) is 4.68 Å². The summed E-state index contributed by atoms with van der Waals surface area (Å²) in [5.74, 6) is 0. The zero-order valence-corrected chi connectivity index (χ0v) is 11.9. The van der Waals surface area contributed by atoms with E-state index in [1.165, 1.54) is 19.8 Å². The highest BCUT2D eigenvalue weighted by atomic mass is 79.9. The molecule has 0 saturated heterocycles. The number of hydrogen-bond donors (Lipinski definition) is 1. The first-order valence-corrected chi connectivity index (χ1v) is 6.64. The Labute approximate surface area is 108 Å². The maximum atomic E-state index is 4.21. The lowest BCUT2D eigenvalue weighted by atomic mass is 10.1. The van der Waals surface area contributed by atoms with Gasteiger partial charge in [0.15, 0.2) is 0 Å². The van der Waals surface area contributed by atoms with Crippen LogP contribution in [0.2, 0.25) is 0 Å². The predicted molar refractivity (Wildman–Crippen MR) is 70.9 cm³/mol. The Balaban J connectivity index is 2.36. The van der Waals surface area contributed by atoms with Gasteiger partial charge in [0, 0.05) is 23.7 Å². The highest BCUT2D eigenvalue weighted by Gasteiger charge is 2.16. The molecule has 1 unspecified atom stereocenters. The highest BCUT2D eigenvalue weighted by molar-refractivity contribution is 9.11. The van der Waals surface area contributed by atoms with Crippen molar-refractivity contribution in [2.45, 2.75) is 13.0 Å². The second-order valence-corrected chi connectivity index (χ2v) is 6.18. The van der Waals surface area contributed by atoms with Gasteiger partial charge in [-0.05, 0) is 41.5 Å². The van der Waals surface area contributed by atoms with Gasteiger partial charge in [-0.15, -0.1) is 11.3 Å². The minimum Gasteiger partial charge on any atom is -0.309 e. The second kappa shape index (κ2) is 4.69. The zero-order valence-electron chi connectivity index (χ0n) is 9.49. The van der Waals surface area contributed by atoms with E-state index in [1.54, 1.807) is 11.3 Å². The largest absolute Gasteiger partial charge is 0.309 e. The van der Waals surface area contributed by atoms with Crippen LogP contribution in [0.4, 0.5) is 0 Å². The van der Waals surface area contributed by atoms with Gasteiger partial charge in [0.25, 0.3) is 0 Å². The van der Waals surface area contributed by atoms with Crippen LogP contribution in [-0.2, 0) is 7.05 Å². The van der Waals surface area contributed by atoms with Crippen LogP contribution in [0.15, 0.2) is 22.2 Å². The van der Waals surface area contributed by atoms with Crippen LogP contribution in [0.3, 0.4) is 0 Å². The molecule has 3 nitrogen and oxygen atoms in total. The van der Waals surface area contributed by atoms with Gasteiger partial charge in [0.2, 0.25) is 0 Å². The van der Waals surface area contributed by atoms with E-state index >= 15 is 0 Å². The topological polar surface area (TPSA) is 29.9 Å². The Hall–Kier alpha value is -0.650. The predicted octanol–water partition coefficient (Wildman–Crippen LogP) is 2.86. The van der Waals surface area contributed by atoms with Crippen LogP contribution in [0.25, 0.3) is 0 Å².